The summed E-state index contributed by atoms with van der Waals surface area (Å²) in [5.41, 5.74) is 0.640. The van der Waals surface area contributed by atoms with E-state index >= 15 is 0 Å². The minimum Gasteiger partial charge on any atom is -0.390 e. The van der Waals surface area contributed by atoms with Crippen molar-refractivity contribution in [2.75, 3.05) is 11.5 Å². The molecule has 1 saturated heterocycles. The number of carbonyl (C=O) groups excluding carboxylic acids is 1. The van der Waals surface area contributed by atoms with Crippen LogP contribution in [-0.4, -0.2) is 34.7 Å². The van der Waals surface area contributed by atoms with Gasteiger partial charge >= 0.3 is 0 Å². The van der Waals surface area contributed by atoms with E-state index in [0.717, 1.165) is 5.75 Å². The van der Waals surface area contributed by atoms with E-state index in [1.165, 1.54) is 0 Å². The lowest BCUT2D eigenvalue weighted by atomic mass is 10.1. The predicted molar refractivity (Wildman–Crippen MR) is 61.0 cm³/mol. The molecule has 1 aromatic carbocycles. The molecule has 0 aromatic heterocycles. The Bertz CT molecular complexity index is 342. The molecule has 80 valence electrons. The predicted octanol–water partition coefficient (Wildman–Crippen LogP) is 0.893. The van der Waals surface area contributed by atoms with Crippen LogP contribution in [-0.2, 0) is 0 Å². The molecule has 1 heterocycles. The summed E-state index contributed by atoms with van der Waals surface area (Å²) in [6.07, 6.45) is -0.414. The Morgan fingerprint density at radius 1 is 1.33 bits per heavy atom. The van der Waals surface area contributed by atoms with Gasteiger partial charge in [-0.05, 0) is 12.1 Å². The third kappa shape index (κ3) is 2.52. The Labute approximate surface area is 92.9 Å². The van der Waals surface area contributed by atoms with Gasteiger partial charge in [-0.15, -0.1) is 0 Å². The Morgan fingerprint density at radius 2 is 2.07 bits per heavy atom. The summed E-state index contributed by atoms with van der Waals surface area (Å²) in [7, 11) is 0. The molecule has 1 aliphatic heterocycles. The summed E-state index contributed by atoms with van der Waals surface area (Å²) in [6.45, 7) is 0. The monoisotopic (exact) mass is 223 g/mol. The van der Waals surface area contributed by atoms with E-state index in [4.69, 9.17) is 0 Å². The summed E-state index contributed by atoms with van der Waals surface area (Å²) in [4.78, 5) is 11.7. The van der Waals surface area contributed by atoms with Crippen LogP contribution in [0.3, 0.4) is 0 Å². The molecule has 0 saturated carbocycles. The molecule has 1 fully saturated rings. The summed E-state index contributed by atoms with van der Waals surface area (Å²) in [5.74, 6) is 1.39. The maximum Gasteiger partial charge on any atom is 0.251 e. The van der Waals surface area contributed by atoms with Crippen LogP contribution in [0.4, 0.5) is 0 Å². The fourth-order valence-corrected chi connectivity index (χ4v) is 2.69. The Morgan fingerprint density at radius 3 is 2.67 bits per heavy atom. The van der Waals surface area contributed by atoms with Crippen LogP contribution in [0.25, 0.3) is 0 Å². The molecule has 0 radical (unpaired) electrons. The molecule has 0 aliphatic carbocycles. The van der Waals surface area contributed by atoms with Gasteiger partial charge in [0.2, 0.25) is 0 Å². The van der Waals surface area contributed by atoms with Gasteiger partial charge in [0.25, 0.3) is 5.91 Å². The van der Waals surface area contributed by atoms with E-state index in [9.17, 15) is 9.90 Å². The summed E-state index contributed by atoms with van der Waals surface area (Å²) in [6, 6.07) is 8.96. The van der Waals surface area contributed by atoms with Crippen LogP contribution in [0, 0.1) is 0 Å². The second-order valence-electron chi connectivity index (χ2n) is 3.55. The van der Waals surface area contributed by atoms with Crippen molar-refractivity contribution in [3.63, 3.8) is 0 Å². The molecular formula is C11H13NO2S. The van der Waals surface area contributed by atoms with E-state index in [0.29, 0.717) is 11.3 Å². The highest BCUT2D eigenvalue weighted by atomic mass is 32.2. The van der Waals surface area contributed by atoms with E-state index in [1.807, 2.05) is 18.2 Å². The number of thioether (sulfide) groups is 1. The minimum atomic E-state index is -0.414. The van der Waals surface area contributed by atoms with Crippen molar-refractivity contribution in [3.05, 3.63) is 35.9 Å². The van der Waals surface area contributed by atoms with Gasteiger partial charge in [-0.1, -0.05) is 18.2 Å². The molecule has 0 bridgehead atoms. The number of rotatable bonds is 2. The average molecular weight is 223 g/mol. The van der Waals surface area contributed by atoms with E-state index < -0.39 is 6.10 Å². The van der Waals surface area contributed by atoms with Crippen molar-refractivity contribution in [1.82, 2.24) is 5.32 Å². The van der Waals surface area contributed by atoms with Crippen LogP contribution in [0.5, 0.6) is 0 Å². The first-order chi connectivity index (χ1) is 7.27. The maximum atomic E-state index is 11.7. The lowest BCUT2D eigenvalue weighted by molar-refractivity contribution is 0.0889. The summed E-state index contributed by atoms with van der Waals surface area (Å²) in [5, 5.41) is 12.4. The van der Waals surface area contributed by atoms with Crippen LogP contribution < -0.4 is 5.32 Å². The molecule has 2 rings (SSSR count). The Hall–Kier alpha value is -1.00. The molecule has 2 atom stereocenters. The zero-order chi connectivity index (χ0) is 10.7. The largest absolute Gasteiger partial charge is 0.390 e. The van der Waals surface area contributed by atoms with Gasteiger partial charge in [-0.3, -0.25) is 4.79 Å². The molecule has 1 aromatic rings. The van der Waals surface area contributed by atoms with Gasteiger partial charge < -0.3 is 10.4 Å². The first kappa shape index (κ1) is 10.5. The third-order valence-electron chi connectivity index (χ3n) is 2.40. The van der Waals surface area contributed by atoms with Gasteiger partial charge in [0, 0.05) is 17.1 Å². The smallest absolute Gasteiger partial charge is 0.251 e. The van der Waals surface area contributed by atoms with E-state index in [1.54, 1.807) is 23.9 Å². The first-order valence-electron chi connectivity index (χ1n) is 4.89. The lowest BCUT2D eigenvalue weighted by Crippen LogP contribution is -2.42. The number of aliphatic hydroxyl groups is 1. The molecule has 3 nitrogen and oxygen atoms in total. The average Bonchev–Trinajstić information content (AvgIpc) is 2.66. The second kappa shape index (κ2) is 4.68. The van der Waals surface area contributed by atoms with Gasteiger partial charge in [0.15, 0.2) is 0 Å². The van der Waals surface area contributed by atoms with Crippen molar-refractivity contribution in [2.24, 2.45) is 0 Å². The number of aliphatic hydroxyl groups excluding tert-OH is 1. The van der Waals surface area contributed by atoms with Crippen LogP contribution in [0.15, 0.2) is 30.3 Å². The summed E-state index contributed by atoms with van der Waals surface area (Å²) < 4.78 is 0. The van der Waals surface area contributed by atoms with Crippen LogP contribution >= 0.6 is 11.8 Å². The minimum absolute atomic E-state index is 0.109. The topological polar surface area (TPSA) is 49.3 Å². The number of carbonyl (C=O) groups is 1. The molecular weight excluding hydrogens is 210 g/mol. The number of hydrogen-bond acceptors (Lipinski definition) is 3. The molecule has 0 spiro atoms. The van der Waals surface area contributed by atoms with Gasteiger partial charge in [0.1, 0.15) is 0 Å². The summed E-state index contributed by atoms with van der Waals surface area (Å²) >= 11 is 1.66. The normalized spacial score (nSPS) is 25.1. The third-order valence-corrected chi connectivity index (χ3v) is 3.57. The van der Waals surface area contributed by atoms with Gasteiger partial charge in [-0.25, -0.2) is 0 Å². The highest BCUT2D eigenvalue weighted by molar-refractivity contribution is 7.99. The van der Waals surface area contributed by atoms with Crippen molar-refractivity contribution < 1.29 is 9.90 Å². The number of amides is 1. The standard InChI is InChI=1S/C11H13NO2S/c13-10-7-15-6-9(10)12-11(14)8-4-2-1-3-5-8/h1-5,9-10,13H,6-7H2,(H,12,14)/t9-,10-/m1/s1. The fourth-order valence-electron chi connectivity index (χ4n) is 1.52. The highest BCUT2D eigenvalue weighted by Gasteiger charge is 2.27. The molecule has 15 heavy (non-hydrogen) atoms. The van der Waals surface area contributed by atoms with Crippen molar-refractivity contribution >= 4 is 17.7 Å². The molecule has 1 aliphatic rings. The second-order valence-corrected chi connectivity index (χ2v) is 4.63. The van der Waals surface area contributed by atoms with Gasteiger partial charge in [0.05, 0.1) is 12.1 Å². The molecule has 0 unspecified atom stereocenters. The Balaban J connectivity index is 1.98. The number of hydrogen-bond donors (Lipinski definition) is 2. The van der Waals surface area contributed by atoms with Crippen molar-refractivity contribution in [3.8, 4) is 0 Å². The lowest BCUT2D eigenvalue weighted by Gasteiger charge is -2.15. The van der Waals surface area contributed by atoms with E-state index in [2.05, 4.69) is 5.32 Å². The first-order valence-corrected chi connectivity index (χ1v) is 6.04. The zero-order valence-electron chi connectivity index (χ0n) is 8.22. The van der Waals surface area contributed by atoms with Crippen LogP contribution in [0.1, 0.15) is 10.4 Å². The SMILES string of the molecule is O=C(N[C@@H]1CSC[C@H]1O)c1ccccc1. The van der Waals surface area contributed by atoms with Gasteiger partial charge in [-0.2, -0.15) is 11.8 Å². The highest BCUT2D eigenvalue weighted by Crippen LogP contribution is 2.18. The number of nitrogens with one attached hydrogen (secondary N) is 1. The van der Waals surface area contributed by atoms with Crippen molar-refractivity contribution in [2.45, 2.75) is 12.1 Å². The van der Waals surface area contributed by atoms with Crippen molar-refractivity contribution in [1.29, 1.82) is 0 Å². The fraction of sp³-hybridized carbons (Fsp3) is 0.364. The molecule has 2 N–H and O–H groups in total. The molecule has 4 heteroatoms. The maximum absolute atomic E-state index is 11.7. The van der Waals surface area contributed by atoms with Crippen LogP contribution in [0.2, 0.25) is 0 Å². The number of benzene rings is 1. The molecule has 1 amide bonds. The Kier molecular flexibility index (Phi) is 3.28. The quantitative estimate of drug-likeness (QED) is 0.783. The van der Waals surface area contributed by atoms with E-state index in [-0.39, 0.29) is 11.9 Å². The zero-order valence-corrected chi connectivity index (χ0v) is 9.04.